The van der Waals surface area contributed by atoms with E-state index in [2.05, 4.69) is 20.8 Å². The number of urea groups is 1. The molecule has 0 radical (unpaired) electrons. The van der Waals surface area contributed by atoms with Crippen molar-refractivity contribution < 1.29 is 9.59 Å². The minimum Gasteiger partial charge on any atom is -0.307 e. The Labute approximate surface area is 150 Å². The van der Waals surface area contributed by atoms with Crippen LogP contribution in [-0.4, -0.2) is 32.0 Å². The number of nitrogens with one attached hydrogen (secondary N) is 2. The van der Waals surface area contributed by atoms with Crippen LogP contribution < -0.4 is 10.6 Å². The third-order valence-corrected chi connectivity index (χ3v) is 5.07. The van der Waals surface area contributed by atoms with Crippen LogP contribution in [0.1, 0.15) is 36.9 Å². The summed E-state index contributed by atoms with van der Waals surface area (Å²) >= 11 is 1.30. The van der Waals surface area contributed by atoms with E-state index < -0.39 is 11.3 Å². The number of anilines is 1. The van der Waals surface area contributed by atoms with Crippen LogP contribution in [0, 0.1) is 13.8 Å². The summed E-state index contributed by atoms with van der Waals surface area (Å²) in [7, 11) is 0. The number of carbonyl (C=O) groups is 2. The molecule has 1 aliphatic carbocycles. The highest BCUT2D eigenvalue weighted by molar-refractivity contribution is 8.00. The molecule has 1 aliphatic rings. The molecule has 3 amide bonds. The molecular formula is C17H21N5O2S. The lowest BCUT2D eigenvalue weighted by molar-refractivity contribution is -0.119. The molecule has 0 aliphatic heterocycles. The second-order valence-corrected chi connectivity index (χ2v) is 7.58. The smallest absolute Gasteiger partial charge is 0.307 e. The molecule has 1 atom stereocenters. The SMILES string of the molecule is Cc1ccc(NC(=O)NC(=O)C(C)Sc2nncn2C2CC2)c(C)c1. The van der Waals surface area contributed by atoms with Crippen LogP contribution in [0.25, 0.3) is 0 Å². The average molecular weight is 359 g/mol. The van der Waals surface area contributed by atoms with Crippen molar-refractivity contribution in [3.63, 3.8) is 0 Å². The van der Waals surface area contributed by atoms with Gasteiger partial charge in [0.05, 0.1) is 5.25 Å². The molecule has 1 fully saturated rings. The number of aryl methyl sites for hydroxylation is 2. The molecule has 1 saturated carbocycles. The zero-order chi connectivity index (χ0) is 18.0. The minimum absolute atomic E-state index is 0.363. The van der Waals surface area contributed by atoms with E-state index in [-0.39, 0.29) is 5.91 Å². The predicted octanol–water partition coefficient (Wildman–Crippen LogP) is 3.06. The molecule has 0 bridgehead atoms. The second-order valence-electron chi connectivity index (χ2n) is 6.27. The van der Waals surface area contributed by atoms with Crippen molar-refractivity contribution in [1.29, 1.82) is 0 Å². The van der Waals surface area contributed by atoms with Gasteiger partial charge in [0.25, 0.3) is 0 Å². The summed E-state index contributed by atoms with van der Waals surface area (Å²) in [6.45, 7) is 5.64. The van der Waals surface area contributed by atoms with Gasteiger partial charge in [-0.15, -0.1) is 10.2 Å². The van der Waals surface area contributed by atoms with Crippen LogP contribution in [0.15, 0.2) is 29.7 Å². The number of rotatable bonds is 5. The molecule has 1 unspecified atom stereocenters. The molecule has 2 N–H and O–H groups in total. The van der Waals surface area contributed by atoms with Gasteiger partial charge < -0.3 is 9.88 Å². The lowest BCUT2D eigenvalue weighted by Crippen LogP contribution is -2.39. The van der Waals surface area contributed by atoms with Gasteiger partial charge >= 0.3 is 6.03 Å². The standard InChI is InChI=1S/C17H21N5O2S/c1-10-4-7-14(11(2)8-10)19-16(24)20-15(23)12(3)25-17-21-18-9-22(17)13-5-6-13/h4,7-9,12-13H,5-6H2,1-3H3,(H2,19,20,23,24). The molecule has 1 heterocycles. The van der Waals surface area contributed by atoms with E-state index in [0.29, 0.717) is 16.9 Å². The zero-order valence-electron chi connectivity index (χ0n) is 14.4. The van der Waals surface area contributed by atoms with E-state index in [0.717, 1.165) is 24.0 Å². The molecule has 0 saturated heterocycles. The first-order valence-electron chi connectivity index (χ1n) is 8.19. The summed E-state index contributed by atoms with van der Waals surface area (Å²) in [4.78, 5) is 24.3. The Kier molecular flexibility index (Phi) is 5.08. The zero-order valence-corrected chi connectivity index (χ0v) is 15.3. The lowest BCUT2D eigenvalue weighted by atomic mass is 10.1. The first kappa shape index (κ1) is 17.5. The molecular weight excluding hydrogens is 338 g/mol. The van der Waals surface area contributed by atoms with Gasteiger partial charge in [-0.2, -0.15) is 0 Å². The topological polar surface area (TPSA) is 88.9 Å². The maximum absolute atomic E-state index is 12.3. The van der Waals surface area contributed by atoms with E-state index >= 15 is 0 Å². The Morgan fingerprint density at radius 1 is 1.32 bits per heavy atom. The fourth-order valence-electron chi connectivity index (χ4n) is 2.45. The number of aromatic nitrogens is 3. The first-order valence-corrected chi connectivity index (χ1v) is 9.07. The molecule has 25 heavy (non-hydrogen) atoms. The van der Waals surface area contributed by atoms with Gasteiger partial charge in [0.15, 0.2) is 5.16 Å². The first-order chi connectivity index (χ1) is 11.9. The number of nitrogens with zero attached hydrogens (tertiary/aromatic N) is 3. The highest BCUT2D eigenvalue weighted by Gasteiger charge is 2.28. The largest absolute Gasteiger partial charge is 0.325 e. The van der Waals surface area contributed by atoms with Crippen molar-refractivity contribution in [1.82, 2.24) is 20.1 Å². The molecule has 1 aromatic heterocycles. The van der Waals surface area contributed by atoms with Crippen molar-refractivity contribution in [2.24, 2.45) is 0 Å². The Bertz CT molecular complexity index is 800. The van der Waals surface area contributed by atoms with Crippen molar-refractivity contribution in [3.8, 4) is 0 Å². The quantitative estimate of drug-likeness (QED) is 0.801. The fraction of sp³-hybridized carbons (Fsp3) is 0.412. The van der Waals surface area contributed by atoms with Crippen LogP contribution in [0.5, 0.6) is 0 Å². The maximum atomic E-state index is 12.3. The molecule has 7 nitrogen and oxygen atoms in total. The molecule has 3 rings (SSSR count). The number of hydrogen-bond acceptors (Lipinski definition) is 5. The average Bonchev–Trinajstić information content (AvgIpc) is 3.30. The van der Waals surface area contributed by atoms with E-state index in [1.165, 1.54) is 11.8 Å². The molecule has 1 aromatic carbocycles. The Morgan fingerprint density at radius 2 is 2.08 bits per heavy atom. The Morgan fingerprint density at radius 3 is 2.76 bits per heavy atom. The normalized spacial score (nSPS) is 14.8. The van der Waals surface area contributed by atoms with E-state index in [1.54, 1.807) is 13.3 Å². The van der Waals surface area contributed by atoms with Gasteiger partial charge in [0.2, 0.25) is 5.91 Å². The number of benzene rings is 1. The molecule has 0 spiro atoms. The minimum atomic E-state index is -0.534. The monoisotopic (exact) mass is 359 g/mol. The molecule has 2 aromatic rings. The predicted molar refractivity (Wildman–Crippen MR) is 96.7 cm³/mol. The van der Waals surface area contributed by atoms with E-state index in [4.69, 9.17) is 0 Å². The highest BCUT2D eigenvalue weighted by atomic mass is 32.2. The Balaban J connectivity index is 1.55. The number of hydrogen-bond donors (Lipinski definition) is 2. The number of imide groups is 1. The summed E-state index contributed by atoms with van der Waals surface area (Å²) in [5, 5.41) is 13.3. The molecule has 132 valence electrons. The summed E-state index contributed by atoms with van der Waals surface area (Å²) in [6, 6.07) is 5.62. The molecule has 8 heteroatoms. The van der Waals surface area contributed by atoms with Crippen LogP contribution in [0.2, 0.25) is 0 Å². The van der Waals surface area contributed by atoms with Crippen molar-refractivity contribution in [2.45, 2.75) is 50.1 Å². The van der Waals surface area contributed by atoms with Crippen molar-refractivity contribution in [2.75, 3.05) is 5.32 Å². The van der Waals surface area contributed by atoms with Crippen molar-refractivity contribution >= 4 is 29.4 Å². The van der Waals surface area contributed by atoms with Crippen LogP contribution in [-0.2, 0) is 4.79 Å². The van der Waals surface area contributed by atoms with Gasteiger partial charge in [0.1, 0.15) is 6.33 Å². The number of carbonyl (C=O) groups excluding carboxylic acids is 2. The van der Waals surface area contributed by atoms with Crippen LogP contribution >= 0.6 is 11.8 Å². The number of thioether (sulfide) groups is 1. The summed E-state index contributed by atoms with van der Waals surface area (Å²) in [6.07, 6.45) is 3.92. The van der Waals surface area contributed by atoms with Gasteiger partial charge in [-0.3, -0.25) is 10.1 Å². The van der Waals surface area contributed by atoms with E-state index in [9.17, 15) is 9.59 Å². The highest BCUT2D eigenvalue weighted by Crippen LogP contribution is 2.37. The fourth-order valence-corrected chi connectivity index (χ4v) is 3.35. The van der Waals surface area contributed by atoms with Gasteiger partial charge in [-0.1, -0.05) is 29.5 Å². The maximum Gasteiger partial charge on any atom is 0.325 e. The van der Waals surface area contributed by atoms with Gasteiger partial charge in [-0.25, -0.2) is 4.79 Å². The third-order valence-electron chi connectivity index (χ3n) is 4.00. The van der Waals surface area contributed by atoms with Crippen molar-refractivity contribution in [3.05, 3.63) is 35.7 Å². The summed E-state index contributed by atoms with van der Waals surface area (Å²) < 4.78 is 1.99. The van der Waals surface area contributed by atoms with Gasteiger partial charge in [-0.05, 0) is 45.2 Å². The number of amides is 3. The third kappa shape index (κ3) is 4.39. The summed E-state index contributed by atoms with van der Waals surface area (Å²) in [5.41, 5.74) is 2.75. The van der Waals surface area contributed by atoms with Gasteiger partial charge in [0, 0.05) is 11.7 Å². The van der Waals surface area contributed by atoms with Crippen LogP contribution in [0.4, 0.5) is 10.5 Å². The van der Waals surface area contributed by atoms with Crippen LogP contribution in [0.3, 0.4) is 0 Å². The van der Waals surface area contributed by atoms with E-state index in [1.807, 2.05) is 36.6 Å². The summed E-state index contributed by atoms with van der Waals surface area (Å²) in [5.74, 6) is -0.363. The second kappa shape index (κ2) is 7.26. The Hall–Kier alpha value is -2.35. The lowest BCUT2D eigenvalue weighted by Gasteiger charge is -2.13.